The van der Waals surface area contributed by atoms with Crippen LogP contribution in [0.5, 0.6) is 0 Å². The van der Waals surface area contributed by atoms with E-state index in [1.165, 1.54) is 25.9 Å². The first-order valence-corrected chi connectivity index (χ1v) is 7.02. The third kappa shape index (κ3) is 4.07. The number of aryl methyl sites for hydroxylation is 1. The number of hydrogen-bond donors (Lipinski definition) is 1. The molecule has 5 nitrogen and oxygen atoms in total. The highest BCUT2D eigenvalue weighted by atomic mass is 15.4. The average molecular weight is 251 g/mol. The Morgan fingerprint density at radius 1 is 1.50 bits per heavy atom. The molecule has 2 rings (SSSR count). The predicted molar refractivity (Wildman–Crippen MR) is 72.3 cm³/mol. The minimum Gasteiger partial charge on any atom is -0.314 e. The van der Waals surface area contributed by atoms with Crippen molar-refractivity contribution in [1.29, 1.82) is 0 Å². The Hall–Kier alpha value is -0.940. The molecule has 0 bridgehead atoms. The van der Waals surface area contributed by atoms with Crippen LogP contribution in [0.1, 0.15) is 26.2 Å². The van der Waals surface area contributed by atoms with Crippen molar-refractivity contribution in [2.75, 3.05) is 26.7 Å². The van der Waals surface area contributed by atoms with Crippen LogP contribution in [0.25, 0.3) is 0 Å². The number of likely N-dealkylation sites (tertiary alicyclic amines) is 1. The van der Waals surface area contributed by atoms with Gasteiger partial charge in [0.2, 0.25) is 0 Å². The molecule has 18 heavy (non-hydrogen) atoms. The SMILES string of the molecule is CC(NCCCn1ccnn1)C1CCCN(C)C1. The molecular formula is C13H25N5. The molecule has 5 heteroatoms. The Morgan fingerprint density at radius 3 is 3.11 bits per heavy atom. The highest BCUT2D eigenvalue weighted by Gasteiger charge is 2.21. The van der Waals surface area contributed by atoms with Crippen LogP contribution in [0.15, 0.2) is 12.4 Å². The van der Waals surface area contributed by atoms with Crippen molar-refractivity contribution < 1.29 is 0 Å². The molecule has 1 fully saturated rings. The average Bonchev–Trinajstić information content (AvgIpc) is 2.87. The van der Waals surface area contributed by atoms with Gasteiger partial charge in [0.05, 0.1) is 6.20 Å². The minimum absolute atomic E-state index is 0.614. The summed E-state index contributed by atoms with van der Waals surface area (Å²) in [5.74, 6) is 0.801. The first kappa shape index (κ1) is 13.5. The molecule has 0 aliphatic carbocycles. The molecule has 0 aromatic carbocycles. The Kier molecular flexibility index (Phi) is 5.13. The summed E-state index contributed by atoms with van der Waals surface area (Å²) < 4.78 is 1.89. The Morgan fingerprint density at radius 2 is 2.39 bits per heavy atom. The van der Waals surface area contributed by atoms with Gasteiger partial charge in [0.1, 0.15) is 0 Å². The number of rotatable bonds is 6. The molecule has 2 unspecified atom stereocenters. The van der Waals surface area contributed by atoms with Gasteiger partial charge >= 0.3 is 0 Å². The summed E-state index contributed by atoms with van der Waals surface area (Å²) in [6, 6.07) is 0.614. The molecule has 1 aliphatic rings. The topological polar surface area (TPSA) is 46.0 Å². The van der Waals surface area contributed by atoms with Crippen LogP contribution in [0.4, 0.5) is 0 Å². The van der Waals surface area contributed by atoms with Crippen LogP contribution < -0.4 is 5.32 Å². The highest BCUT2D eigenvalue weighted by molar-refractivity contribution is 4.79. The van der Waals surface area contributed by atoms with E-state index in [0.29, 0.717) is 6.04 Å². The molecule has 0 radical (unpaired) electrons. The summed E-state index contributed by atoms with van der Waals surface area (Å²) in [5, 5.41) is 11.4. The van der Waals surface area contributed by atoms with Crippen LogP contribution in [0.2, 0.25) is 0 Å². The minimum atomic E-state index is 0.614. The van der Waals surface area contributed by atoms with E-state index in [0.717, 1.165) is 25.4 Å². The van der Waals surface area contributed by atoms with Gasteiger partial charge in [-0.2, -0.15) is 0 Å². The normalized spacial score (nSPS) is 23.1. The van der Waals surface area contributed by atoms with Gasteiger partial charge in [-0.3, -0.25) is 4.68 Å². The van der Waals surface area contributed by atoms with Gasteiger partial charge in [0.15, 0.2) is 0 Å². The zero-order valence-corrected chi connectivity index (χ0v) is 11.5. The van der Waals surface area contributed by atoms with Crippen molar-refractivity contribution in [2.24, 2.45) is 5.92 Å². The van der Waals surface area contributed by atoms with Gasteiger partial charge in [0, 0.05) is 25.3 Å². The van der Waals surface area contributed by atoms with E-state index in [-0.39, 0.29) is 0 Å². The quantitative estimate of drug-likeness (QED) is 0.766. The molecule has 0 amide bonds. The van der Waals surface area contributed by atoms with E-state index in [4.69, 9.17) is 0 Å². The van der Waals surface area contributed by atoms with Gasteiger partial charge in [-0.05, 0) is 52.2 Å². The summed E-state index contributed by atoms with van der Waals surface area (Å²) in [5.41, 5.74) is 0. The van der Waals surface area contributed by atoms with Crippen LogP contribution in [-0.2, 0) is 6.54 Å². The van der Waals surface area contributed by atoms with Gasteiger partial charge in [0.25, 0.3) is 0 Å². The third-order valence-corrected chi connectivity index (χ3v) is 3.87. The van der Waals surface area contributed by atoms with Gasteiger partial charge < -0.3 is 10.2 Å². The van der Waals surface area contributed by atoms with Gasteiger partial charge in [-0.1, -0.05) is 5.21 Å². The summed E-state index contributed by atoms with van der Waals surface area (Å²) in [7, 11) is 2.23. The zero-order valence-electron chi connectivity index (χ0n) is 11.5. The third-order valence-electron chi connectivity index (χ3n) is 3.87. The van der Waals surface area contributed by atoms with Gasteiger partial charge in [-0.15, -0.1) is 5.10 Å². The Bertz CT molecular complexity index is 324. The second kappa shape index (κ2) is 6.85. The van der Waals surface area contributed by atoms with Crippen LogP contribution in [0.3, 0.4) is 0 Å². The second-order valence-corrected chi connectivity index (χ2v) is 5.43. The largest absolute Gasteiger partial charge is 0.314 e. The number of aromatic nitrogens is 3. The van der Waals surface area contributed by atoms with Crippen molar-refractivity contribution in [3.63, 3.8) is 0 Å². The van der Waals surface area contributed by atoms with Crippen molar-refractivity contribution >= 4 is 0 Å². The predicted octanol–water partition coefficient (Wildman–Crippen LogP) is 0.988. The van der Waals surface area contributed by atoms with Crippen molar-refractivity contribution in [3.05, 3.63) is 12.4 Å². The first-order chi connectivity index (χ1) is 8.75. The lowest BCUT2D eigenvalue weighted by Gasteiger charge is -2.34. The molecule has 0 saturated carbocycles. The maximum Gasteiger partial charge on any atom is 0.0692 e. The number of nitrogens with one attached hydrogen (secondary N) is 1. The molecule has 1 aliphatic heterocycles. The maximum absolute atomic E-state index is 3.96. The smallest absolute Gasteiger partial charge is 0.0692 e. The zero-order chi connectivity index (χ0) is 12.8. The van der Waals surface area contributed by atoms with Crippen LogP contribution >= 0.6 is 0 Å². The molecular weight excluding hydrogens is 226 g/mol. The van der Waals surface area contributed by atoms with E-state index < -0.39 is 0 Å². The lowest BCUT2D eigenvalue weighted by atomic mass is 9.92. The van der Waals surface area contributed by atoms with E-state index >= 15 is 0 Å². The molecule has 2 heterocycles. The molecule has 1 aromatic heterocycles. The van der Waals surface area contributed by atoms with Gasteiger partial charge in [-0.25, -0.2) is 0 Å². The van der Waals surface area contributed by atoms with E-state index in [1.807, 2.05) is 10.9 Å². The lowest BCUT2D eigenvalue weighted by molar-refractivity contribution is 0.178. The molecule has 1 N–H and O–H groups in total. The van der Waals surface area contributed by atoms with E-state index in [9.17, 15) is 0 Å². The fourth-order valence-electron chi connectivity index (χ4n) is 2.70. The molecule has 1 saturated heterocycles. The summed E-state index contributed by atoms with van der Waals surface area (Å²) in [4.78, 5) is 2.45. The number of piperidine rings is 1. The number of hydrogen-bond acceptors (Lipinski definition) is 4. The van der Waals surface area contributed by atoms with Crippen molar-refractivity contribution in [1.82, 2.24) is 25.2 Å². The molecule has 1 aromatic rings. The summed E-state index contributed by atoms with van der Waals surface area (Å²) in [6.45, 7) is 6.82. The van der Waals surface area contributed by atoms with Crippen molar-refractivity contribution in [3.8, 4) is 0 Å². The fraction of sp³-hybridized carbons (Fsp3) is 0.846. The Labute approximate surface area is 110 Å². The van der Waals surface area contributed by atoms with Crippen LogP contribution in [0, 0.1) is 5.92 Å². The van der Waals surface area contributed by atoms with Crippen LogP contribution in [-0.4, -0.2) is 52.6 Å². The Balaban J connectivity index is 1.60. The standard InChI is InChI=1S/C13H25N5/c1-12(13-5-3-8-17(2)11-13)14-6-4-9-18-10-7-15-16-18/h7,10,12-14H,3-6,8-9,11H2,1-2H3. The first-order valence-electron chi connectivity index (χ1n) is 7.02. The van der Waals surface area contributed by atoms with E-state index in [1.54, 1.807) is 6.20 Å². The molecule has 102 valence electrons. The summed E-state index contributed by atoms with van der Waals surface area (Å²) >= 11 is 0. The van der Waals surface area contributed by atoms with E-state index in [2.05, 4.69) is 34.5 Å². The molecule has 0 spiro atoms. The monoisotopic (exact) mass is 251 g/mol. The molecule has 2 atom stereocenters. The fourth-order valence-corrected chi connectivity index (χ4v) is 2.70. The highest BCUT2D eigenvalue weighted by Crippen LogP contribution is 2.18. The maximum atomic E-state index is 3.96. The lowest BCUT2D eigenvalue weighted by Crippen LogP contribution is -2.43. The summed E-state index contributed by atoms with van der Waals surface area (Å²) in [6.07, 6.45) is 7.46. The van der Waals surface area contributed by atoms with Crippen molar-refractivity contribution in [2.45, 2.75) is 38.8 Å². The second-order valence-electron chi connectivity index (χ2n) is 5.43. The number of nitrogens with zero attached hydrogens (tertiary/aromatic N) is 4.